The summed E-state index contributed by atoms with van der Waals surface area (Å²) in [4.78, 5) is 5.05. The van der Waals surface area contributed by atoms with Gasteiger partial charge in [0.05, 0.1) is 11.3 Å². The second kappa shape index (κ2) is 5.91. The van der Waals surface area contributed by atoms with Crippen LogP contribution in [0.15, 0.2) is 28.7 Å². The maximum atomic E-state index is 5.96. The highest BCUT2D eigenvalue weighted by molar-refractivity contribution is 9.10. The highest BCUT2D eigenvalue weighted by Gasteiger charge is 2.18. The molecule has 3 nitrogen and oxygen atoms in total. The zero-order valence-electron chi connectivity index (χ0n) is 11.1. The summed E-state index contributed by atoms with van der Waals surface area (Å²) in [7, 11) is 0. The number of rotatable bonds is 3. The Labute approximate surface area is 142 Å². The molecular formula is C15H13BrClN3S. The fourth-order valence-electron chi connectivity index (χ4n) is 2.47. The molecule has 21 heavy (non-hydrogen) atoms. The Balaban J connectivity index is 2.03. The van der Waals surface area contributed by atoms with E-state index in [2.05, 4.69) is 27.3 Å². The number of nitrogens with one attached hydrogen (secondary N) is 1. The Morgan fingerprint density at radius 2 is 2.14 bits per heavy atom. The molecule has 3 N–H and O–H groups in total. The molecule has 0 saturated carbocycles. The van der Waals surface area contributed by atoms with Gasteiger partial charge in [-0.15, -0.1) is 0 Å². The Morgan fingerprint density at radius 1 is 1.33 bits per heavy atom. The molecule has 1 aliphatic rings. The summed E-state index contributed by atoms with van der Waals surface area (Å²) in [5.41, 5.74) is 9.88. The molecule has 3 rings (SSSR count). The lowest BCUT2D eigenvalue weighted by molar-refractivity contribution is 0.900. The minimum atomic E-state index is 0.352. The van der Waals surface area contributed by atoms with Gasteiger partial charge < -0.3 is 11.1 Å². The molecule has 0 fully saturated rings. The van der Waals surface area contributed by atoms with Crippen molar-refractivity contribution >= 4 is 56.2 Å². The molecule has 1 heterocycles. The van der Waals surface area contributed by atoms with Gasteiger partial charge in [-0.2, -0.15) is 0 Å². The second-order valence-electron chi connectivity index (χ2n) is 4.96. The van der Waals surface area contributed by atoms with Crippen LogP contribution in [-0.2, 0) is 12.8 Å². The Hall–Kier alpha value is -1.17. The van der Waals surface area contributed by atoms with Crippen molar-refractivity contribution in [2.24, 2.45) is 5.73 Å². The van der Waals surface area contributed by atoms with Crippen LogP contribution in [0, 0.1) is 0 Å². The summed E-state index contributed by atoms with van der Waals surface area (Å²) in [5, 5.41) is 3.97. The lowest BCUT2D eigenvalue weighted by Gasteiger charge is -2.14. The third-order valence-corrected chi connectivity index (χ3v) is 4.61. The number of halogens is 2. The normalized spacial score (nSPS) is 13.0. The van der Waals surface area contributed by atoms with E-state index >= 15 is 0 Å². The molecule has 0 aliphatic heterocycles. The van der Waals surface area contributed by atoms with E-state index in [4.69, 9.17) is 34.5 Å². The van der Waals surface area contributed by atoms with Gasteiger partial charge in [-0.1, -0.05) is 23.8 Å². The molecule has 2 aromatic rings. The van der Waals surface area contributed by atoms with E-state index in [0.717, 1.165) is 40.7 Å². The van der Waals surface area contributed by atoms with Crippen LogP contribution in [0.2, 0.25) is 5.02 Å². The maximum Gasteiger partial charge on any atom is 0.140 e. The summed E-state index contributed by atoms with van der Waals surface area (Å²) < 4.78 is 0.867. The van der Waals surface area contributed by atoms with Gasteiger partial charge in [-0.05, 0) is 65.0 Å². The van der Waals surface area contributed by atoms with E-state index in [-0.39, 0.29) is 0 Å². The molecule has 0 radical (unpaired) electrons. The van der Waals surface area contributed by atoms with Gasteiger partial charge in [0.15, 0.2) is 0 Å². The number of nitrogens with two attached hydrogens (primary N) is 1. The van der Waals surface area contributed by atoms with Crippen LogP contribution in [0.4, 0.5) is 11.5 Å². The van der Waals surface area contributed by atoms with Crippen molar-refractivity contribution in [3.05, 3.63) is 50.6 Å². The third kappa shape index (κ3) is 3.05. The van der Waals surface area contributed by atoms with Gasteiger partial charge in [0.2, 0.25) is 0 Å². The number of hydrogen-bond donors (Lipinski definition) is 2. The largest absolute Gasteiger partial charge is 0.389 e. The summed E-state index contributed by atoms with van der Waals surface area (Å²) >= 11 is 14.6. The number of aryl methyl sites for hydroxylation is 2. The molecule has 0 spiro atoms. The average molecular weight is 383 g/mol. The van der Waals surface area contributed by atoms with E-state index in [0.29, 0.717) is 15.8 Å². The average Bonchev–Trinajstić information content (AvgIpc) is 2.88. The van der Waals surface area contributed by atoms with Gasteiger partial charge in [-0.25, -0.2) is 4.98 Å². The smallest absolute Gasteiger partial charge is 0.140 e. The van der Waals surface area contributed by atoms with Crippen LogP contribution < -0.4 is 11.1 Å². The monoisotopic (exact) mass is 381 g/mol. The quantitative estimate of drug-likeness (QED) is 0.774. The highest BCUT2D eigenvalue weighted by Crippen LogP contribution is 2.31. The van der Waals surface area contributed by atoms with Crippen LogP contribution in [0.25, 0.3) is 0 Å². The predicted octanol–water partition coefficient (Wildman–Crippen LogP) is 4.36. The zero-order valence-corrected chi connectivity index (χ0v) is 14.3. The van der Waals surface area contributed by atoms with Crippen LogP contribution >= 0.6 is 39.7 Å². The molecule has 0 unspecified atom stereocenters. The van der Waals surface area contributed by atoms with Crippen molar-refractivity contribution in [3.8, 4) is 0 Å². The minimum absolute atomic E-state index is 0.352. The SMILES string of the molecule is NC(=S)c1cc2c(nc1Nc1ccc(Cl)cc1Br)CCC2. The first kappa shape index (κ1) is 14.8. The molecule has 0 atom stereocenters. The van der Waals surface area contributed by atoms with Crippen LogP contribution in [0.1, 0.15) is 23.2 Å². The number of benzene rings is 1. The third-order valence-electron chi connectivity index (χ3n) is 3.50. The van der Waals surface area contributed by atoms with Crippen LogP contribution in [0.3, 0.4) is 0 Å². The Kier molecular flexibility index (Phi) is 4.15. The van der Waals surface area contributed by atoms with Crippen molar-refractivity contribution in [2.45, 2.75) is 19.3 Å². The zero-order chi connectivity index (χ0) is 15.0. The first-order valence-electron chi connectivity index (χ1n) is 6.59. The van der Waals surface area contributed by atoms with E-state index in [1.165, 1.54) is 5.56 Å². The molecular weight excluding hydrogens is 370 g/mol. The number of aromatic nitrogens is 1. The fraction of sp³-hybridized carbons (Fsp3) is 0.200. The van der Waals surface area contributed by atoms with E-state index in [9.17, 15) is 0 Å². The van der Waals surface area contributed by atoms with Crippen molar-refractivity contribution in [1.29, 1.82) is 0 Å². The number of fused-ring (bicyclic) bond motifs is 1. The van der Waals surface area contributed by atoms with Crippen molar-refractivity contribution < 1.29 is 0 Å². The topological polar surface area (TPSA) is 50.9 Å². The second-order valence-corrected chi connectivity index (χ2v) is 6.69. The van der Waals surface area contributed by atoms with E-state index in [1.807, 2.05) is 18.2 Å². The minimum Gasteiger partial charge on any atom is -0.389 e. The van der Waals surface area contributed by atoms with Crippen LogP contribution in [0.5, 0.6) is 0 Å². The number of hydrogen-bond acceptors (Lipinski definition) is 3. The number of pyridine rings is 1. The van der Waals surface area contributed by atoms with E-state index < -0.39 is 0 Å². The summed E-state index contributed by atoms with van der Waals surface area (Å²) in [6.45, 7) is 0. The lowest BCUT2D eigenvalue weighted by atomic mass is 10.1. The first-order valence-corrected chi connectivity index (χ1v) is 8.17. The van der Waals surface area contributed by atoms with Gasteiger partial charge in [0.1, 0.15) is 10.8 Å². The molecule has 1 aromatic heterocycles. The predicted molar refractivity (Wildman–Crippen MR) is 94.6 cm³/mol. The molecule has 0 bridgehead atoms. The lowest BCUT2D eigenvalue weighted by Crippen LogP contribution is -2.14. The fourth-order valence-corrected chi connectivity index (χ4v) is 3.41. The number of anilines is 2. The van der Waals surface area contributed by atoms with Gasteiger partial charge in [0.25, 0.3) is 0 Å². The standard InChI is InChI=1S/C15H13BrClN3S/c16-11-7-9(17)4-5-13(11)20-15-10(14(18)21)6-8-2-1-3-12(8)19-15/h4-7H,1-3H2,(H2,18,21)(H,19,20). The molecule has 1 aliphatic carbocycles. The van der Waals surface area contributed by atoms with Crippen molar-refractivity contribution in [1.82, 2.24) is 4.98 Å². The van der Waals surface area contributed by atoms with Crippen LogP contribution in [-0.4, -0.2) is 9.97 Å². The molecule has 0 saturated heterocycles. The van der Waals surface area contributed by atoms with E-state index in [1.54, 1.807) is 0 Å². The van der Waals surface area contributed by atoms with Gasteiger partial charge in [0, 0.05) is 15.2 Å². The maximum absolute atomic E-state index is 5.96. The number of thiocarbonyl (C=S) groups is 1. The molecule has 1 aromatic carbocycles. The van der Waals surface area contributed by atoms with Crippen molar-refractivity contribution in [2.75, 3.05) is 5.32 Å². The van der Waals surface area contributed by atoms with Gasteiger partial charge >= 0.3 is 0 Å². The summed E-state index contributed by atoms with van der Waals surface area (Å²) in [5.74, 6) is 0.700. The highest BCUT2D eigenvalue weighted by atomic mass is 79.9. The summed E-state index contributed by atoms with van der Waals surface area (Å²) in [6.07, 6.45) is 3.18. The Bertz CT molecular complexity index is 733. The molecule has 6 heteroatoms. The first-order chi connectivity index (χ1) is 10.0. The Morgan fingerprint density at radius 3 is 2.86 bits per heavy atom. The molecule has 108 valence electrons. The number of nitrogens with zero attached hydrogens (tertiary/aromatic N) is 1. The molecule has 0 amide bonds. The van der Waals surface area contributed by atoms with Gasteiger partial charge in [-0.3, -0.25) is 0 Å². The van der Waals surface area contributed by atoms with Crippen molar-refractivity contribution in [3.63, 3.8) is 0 Å². The summed E-state index contributed by atoms with van der Waals surface area (Å²) in [6, 6.07) is 7.61.